The zero-order valence-corrected chi connectivity index (χ0v) is 10.0. The van der Waals surface area contributed by atoms with Crippen molar-refractivity contribution in [2.24, 2.45) is 5.41 Å². The SMILES string of the molecule is O=C(O)c1ccc2c(c1)C[C@@]1(CCNC1=O)CC2. The number of benzene rings is 1. The zero-order valence-electron chi connectivity index (χ0n) is 10.0. The fraction of sp³-hybridized carbons (Fsp3) is 0.429. The molecule has 0 radical (unpaired) electrons. The molecule has 4 nitrogen and oxygen atoms in total. The Hall–Kier alpha value is -1.84. The van der Waals surface area contributed by atoms with Crippen molar-refractivity contribution in [2.45, 2.75) is 25.7 Å². The molecule has 2 aliphatic rings. The number of hydrogen-bond donors (Lipinski definition) is 2. The van der Waals surface area contributed by atoms with Gasteiger partial charge in [0, 0.05) is 6.54 Å². The van der Waals surface area contributed by atoms with Gasteiger partial charge in [-0.2, -0.15) is 0 Å². The summed E-state index contributed by atoms with van der Waals surface area (Å²) in [7, 11) is 0. The molecular weight excluding hydrogens is 230 g/mol. The van der Waals surface area contributed by atoms with Gasteiger partial charge in [-0.05, 0) is 48.9 Å². The van der Waals surface area contributed by atoms with Gasteiger partial charge in [-0.15, -0.1) is 0 Å². The highest BCUT2D eigenvalue weighted by Crippen LogP contribution is 2.41. The van der Waals surface area contributed by atoms with Gasteiger partial charge in [0.05, 0.1) is 11.0 Å². The first-order valence-electron chi connectivity index (χ1n) is 6.24. The van der Waals surface area contributed by atoms with Crippen LogP contribution in [0.5, 0.6) is 0 Å². The normalized spacial score (nSPS) is 25.9. The average molecular weight is 245 g/mol. The number of fused-ring (bicyclic) bond motifs is 1. The van der Waals surface area contributed by atoms with E-state index in [1.807, 2.05) is 6.07 Å². The maximum Gasteiger partial charge on any atom is 0.335 e. The average Bonchev–Trinajstić information content (AvgIpc) is 2.70. The molecule has 1 aliphatic heterocycles. The second-order valence-corrected chi connectivity index (χ2v) is 5.25. The third-order valence-corrected chi connectivity index (χ3v) is 4.23. The molecule has 2 N–H and O–H groups in total. The van der Waals surface area contributed by atoms with Crippen LogP contribution in [0.25, 0.3) is 0 Å². The molecule has 0 unspecified atom stereocenters. The van der Waals surface area contributed by atoms with Crippen LogP contribution in [-0.4, -0.2) is 23.5 Å². The number of carbonyl (C=O) groups is 2. The molecule has 0 aromatic heterocycles. The van der Waals surface area contributed by atoms with Gasteiger partial charge in [0.2, 0.25) is 5.91 Å². The maximum absolute atomic E-state index is 12.0. The molecule has 1 saturated heterocycles. The quantitative estimate of drug-likeness (QED) is 0.785. The Bertz CT molecular complexity index is 538. The summed E-state index contributed by atoms with van der Waals surface area (Å²) in [5.74, 6) is -0.776. The summed E-state index contributed by atoms with van der Waals surface area (Å²) in [6.07, 6.45) is 3.28. The van der Waals surface area contributed by atoms with Crippen LogP contribution in [0.15, 0.2) is 18.2 Å². The van der Waals surface area contributed by atoms with E-state index in [2.05, 4.69) is 5.32 Å². The summed E-state index contributed by atoms with van der Waals surface area (Å²) < 4.78 is 0. The van der Waals surface area contributed by atoms with E-state index in [1.54, 1.807) is 12.1 Å². The van der Waals surface area contributed by atoms with E-state index in [-0.39, 0.29) is 11.3 Å². The number of carboxylic acids is 1. The molecule has 1 fully saturated rings. The molecule has 3 rings (SSSR count). The molecule has 0 saturated carbocycles. The lowest BCUT2D eigenvalue weighted by Gasteiger charge is -2.32. The Morgan fingerprint density at radius 3 is 2.78 bits per heavy atom. The molecular formula is C14H15NO3. The van der Waals surface area contributed by atoms with Gasteiger partial charge in [-0.25, -0.2) is 4.79 Å². The Balaban J connectivity index is 1.98. The smallest absolute Gasteiger partial charge is 0.335 e. The van der Waals surface area contributed by atoms with Crippen LogP contribution in [-0.2, 0) is 17.6 Å². The van der Waals surface area contributed by atoms with Gasteiger partial charge < -0.3 is 10.4 Å². The molecule has 18 heavy (non-hydrogen) atoms. The van der Waals surface area contributed by atoms with Crippen LogP contribution >= 0.6 is 0 Å². The van der Waals surface area contributed by atoms with Gasteiger partial charge in [-0.3, -0.25) is 4.79 Å². The molecule has 1 aromatic rings. The number of aryl methyl sites for hydroxylation is 1. The van der Waals surface area contributed by atoms with Crippen LogP contribution in [0.3, 0.4) is 0 Å². The first-order valence-corrected chi connectivity index (χ1v) is 6.24. The van der Waals surface area contributed by atoms with Gasteiger partial charge in [0.25, 0.3) is 0 Å². The van der Waals surface area contributed by atoms with E-state index < -0.39 is 5.97 Å². The minimum atomic E-state index is -0.909. The summed E-state index contributed by atoms with van der Waals surface area (Å²) in [5.41, 5.74) is 2.23. The predicted molar refractivity (Wildman–Crippen MR) is 65.5 cm³/mol. The number of aromatic carboxylic acids is 1. The van der Waals surface area contributed by atoms with E-state index in [0.29, 0.717) is 12.0 Å². The molecule has 0 bridgehead atoms. The number of rotatable bonds is 1. The van der Waals surface area contributed by atoms with Crippen molar-refractivity contribution in [1.82, 2.24) is 5.32 Å². The Kier molecular flexibility index (Phi) is 2.40. The molecule has 1 atom stereocenters. The van der Waals surface area contributed by atoms with Gasteiger partial charge in [0.1, 0.15) is 0 Å². The van der Waals surface area contributed by atoms with Crippen molar-refractivity contribution < 1.29 is 14.7 Å². The van der Waals surface area contributed by atoms with E-state index in [4.69, 9.17) is 5.11 Å². The first kappa shape index (κ1) is 11.3. The van der Waals surface area contributed by atoms with E-state index in [1.165, 1.54) is 5.56 Å². The minimum absolute atomic E-state index is 0.133. The summed E-state index contributed by atoms with van der Waals surface area (Å²) in [5, 5.41) is 11.9. The van der Waals surface area contributed by atoms with E-state index in [9.17, 15) is 9.59 Å². The topological polar surface area (TPSA) is 66.4 Å². The van der Waals surface area contributed by atoms with Gasteiger partial charge in [0.15, 0.2) is 0 Å². The molecule has 1 aromatic carbocycles. The minimum Gasteiger partial charge on any atom is -0.478 e. The lowest BCUT2D eigenvalue weighted by Crippen LogP contribution is -2.36. The summed E-state index contributed by atoms with van der Waals surface area (Å²) in [4.78, 5) is 22.9. The molecule has 1 heterocycles. The van der Waals surface area contributed by atoms with Gasteiger partial charge in [-0.1, -0.05) is 6.07 Å². The number of carboxylic acid groups (broad SMARTS) is 1. The predicted octanol–water partition coefficient (Wildman–Crippen LogP) is 1.38. The van der Waals surface area contributed by atoms with Crippen molar-refractivity contribution in [3.63, 3.8) is 0 Å². The summed E-state index contributed by atoms with van der Waals surface area (Å²) in [6, 6.07) is 5.26. The van der Waals surface area contributed by atoms with Crippen LogP contribution < -0.4 is 5.32 Å². The second-order valence-electron chi connectivity index (χ2n) is 5.25. The highest BCUT2D eigenvalue weighted by molar-refractivity contribution is 5.88. The fourth-order valence-corrected chi connectivity index (χ4v) is 3.12. The fourth-order valence-electron chi connectivity index (χ4n) is 3.12. The van der Waals surface area contributed by atoms with Crippen molar-refractivity contribution in [2.75, 3.05) is 6.54 Å². The monoisotopic (exact) mass is 245 g/mol. The third-order valence-electron chi connectivity index (χ3n) is 4.23. The number of nitrogens with one attached hydrogen (secondary N) is 1. The molecule has 4 heteroatoms. The van der Waals surface area contributed by atoms with Crippen molar-refractivity contribution in [3.05, 3.63) is 34.9 Å². The van der Waals surface area contributed by atoms with Crippen molar-refractivity contribution in [1.29, 1.82) is 0 Å². The number of carbonyl (C=O) groups excluding carboxylic acids is 1. The van der Waals surface area contributed by atoms with Crippen molar-refractivity contribution in [3.8, 4) is 0 Å². The standard InChI is InChI=1S/C14H15NO3/c16-12(17)10-2-1-9-3-4-14(8-11(9)7-10)5-6-15-13(14)18/h1-2,7H,3-6,8H2,(H,15,18)(H,16,17)/t14-/m0/s1. The number of amides is 1. The van der Waals surface area contributed by atoms with Crippen molar-refractivity contribution >= 4 is 11.9 Å². The highest BCUT2D eigenvalue weighted by Gasteiger charge is 2.44. The Labute approximate surface area is 105 Å². The van der Waals surface area contributed by atoms with Crippen LogP contribution in [0.4, 0.5) is 0 Å². The molecule has 1 amide bonds. The summed E-state index contributed by atoms with van der Waals surface area (Å²) in [6.45, 7) is 0.743. The lowest BCUT2D eigenvalue weighted by atomic mass is 9.70. The Morgan fingerprint density at radius 1 is 1.28 bits per heavy atom. The largest absolute Gasteiger partial charge is 0.478 e. The van der Waals surface area contributed by atoms with E-state index >= 15 is 0 Å². The molecule has 1 spiro atoms. The second kappa shape index (κ2) is 3.83. The lowest BCUT2D eigenvalue weighted by molar-refractivity contribution is -0.128. The maximum atomic E-state index is 12.0. The third kappa shape index (κ3) is 1.60. The first-order chi connectivity index (χ1) is 8.61. The van der Waals surface area contributed by atoms with Crippen LogP contribution in [0.1, 0.15) is 34.3 Å². The van der Waals surface area contributed by atoms with Crippen LogP contribution in [0, 0.1) is 5.41 Å². The van der Waals surface area contributed by atoms with E-state index in [0.717, 1.165) is 31.4 Å². The number of hydrogen-bond acceptors (Lipinski definition) is 2. The highest BCUT2D eigenvalue weighted by atomic mass is 16.4. The zero-order chi connectivity index (χ0) is 12.8. The molecule has 1 aliphatic carbocycles. The van der Waals surface area contributed by atoms with Gasteiger partial charge >= 0.3 is 5.97 Å². The molecule has 94 valence electrons. The Morgan fingerprint density at radius 2 is 2.11 bits per heavy atom. The van der Waals surface area contributed by atoms with Crippen LogP contribution in [0.2, 0.25) is 0 Å². The summed E-state index contributed by atoms with van der Waals surface area (Å²) >= 11 is 0.